The quantitative estimate of drug-likeness (QED) is 0.621. The van der Waals surface area contributed by atoms with Gasteiger partial charge in [-0.05, 0) is 11.1 Å². The van der Waals surface area contributed by atoms with Crippen molar-refractivity contribution in [3.63, 3.8) is 0 Å². The minimum atomic E-state index is -5.26. The highest BCUT2D eigenvalue weighted by Gasteiger charge is 2.47. The zero-order valence-electron chi connectivity index (χ0n) is 14.6. The number of carbonyl (C=O) groups excluding carboxylic acids is 3. The molecule has 1 unspecified atom stereocenters. The molecule has 148 valence electrons. The molecule has 2 aromatic carbocycles. The molecule has 2 aromatic rings. The highest BCUT2D eigenvalue weighted by atomic mass is 19.4. The lowest BCUT2D eigenvalue weighted by atomic mass is 9.97. The lowest BCUT2D eigenvalue weighted by Crippen LogP contribution is -2.70. The number of carbonyl (C=O) groups is 3. The van der Waals surface area contributed by atoms with Crippen molar-refractivity contribution in [2.45, 2.75) is 24.7 Å². The fourth-order valence-corrected chi connectivity index (χ4v) is 2.56. The molecule has 1 atom stereocenters. The van der Waals surface area contributed by atoms with Crippen LogP contribution < -0.4 is 16.4 Å². The fraction of sp³-hybridized carbons (Fsp3) is 0.211. The number of primary amides is 1. The van der Waals surface area contributed by atoms with E-state index in [2.05, 4.69) is 5.32 Å². The van der Waals surface area contributed by atoms with E-state index >= 15 is 0 Å². The van der Waals surface area contributed by atoms with Crippen molar-refractivity contribution in [3.8, 4) is 0 Å². The summed E-state index contributed by atoms with van der Waals surface area (Å²) in [6.07, 6.45) is -5.93. The van der Waals surface area contributed by atoms with Crippen molar-refractivity contribution >= 4 is 17.7 Å². The summed E-state index contributed by atoms with van der Waals surface area (Å²) in [4.78, 5) is 36.0. The molecule has 0 aliphatic carbocycles. The molecular formula is C19H18F3N3O3. The van der Waals surface area contributed by atoms with E-state index in [9.17, 15) is 27.6 Å². The summed E-state index contributed by atoms with van der Waals surface area (Å²) in [5.41, 5.74) is 3.83. The van der Waals surface area contributed by atoms with Crippen molar-refractivity contribution < 1.29 is 27.6 Å². The Labute approximate surface area is 158 Å². The van der Waals surface area contributed by atoms with Crippen LogP contribution in [0.2, 0.25) is 0 Å². The number of rotatable bonds is 7. The molecule has 6 nitrogen and oxygen atoms in total. The van der Waals surface area contributed by atoms with Crippen LogP contribution in [-0.4, -0.2) is 29.6 Å². The Hall–Kier alpha value is -3.36. The number of nitrogens with two attached hydrogens (primary N) is 1. The second kappa shape index (κ2) is 8.55. The van der Waals surface area contributed by atoms with Gasteiger partial charge in [0.25, 0.3) is 5.91 Å². The number of alkyl halides is 3. The lowest BCUT2D eigenvalue weighted by Gasteiger charge is -2.33. The maximum Gasteiger partial charge on any atom is 0.471 e. The molecule has 28 heavy (non-hydrogen) atoms. The topological polar surface area (TPSA) is 101 Å². The van der Waals surface area contributed by atoms with Crippen molar-refractivity contribution in [1.29, 1.82) is 0 Å². The first-order chi connectivity index (χ1) is 13.1. The van der Waals surface area contributed by atoms with Crippen LogP contribution in [0, 0.1) is 0 Å². The van der Waals surface area contributed by atoms with Gasteiger partial charge in [-0.25, -0.2) is 0 Å². The molecule has 4 N–H and O–H groups in total. The second-order valence-corrected chi connectivity index (χ2v) is 6.09. The molecule has 0 bridgehead atoms. The van der Waals surface area contributed by atoms with Gasteiger partial charge in [-0.3, -0.25) is 14.4 Å². The minimum absolute atomic E-state index is 0.216. The average molecular weight is 393 g/mol. The van der Waals surface area contributed by atoms with E-state index in [-0.39, 0.29) is 6.42 Å². The van der Waals surface area contributed by atoms with E-state index in [1.165, 1.54) is 12.1 Å². The summed E-state index contributed by atoms with van der Waals surface area (Å²) in [5.74, 6) is -4.49. The van der Waals surface area contributed by atoms with Gasteiger partial charge in [0.05, 0.1) is 6.42 Å². The van der Waals surface area contributed by atoms with E-state index in [1.807, 2.05) is 0 Å². The molecule has 0 heterocycles. The van der Waals surface area contributed by atoms with Gasteiger partial charge in [0.2, 0.25) is 5.91 Å². The molecule has 0 saturated heterocycles. The predicted molar refractivity (Wildman–Crippen MR) is 94.6 cm³/mol. The molecule has 0 spiro atoms. The largest absolute Gasteiger partial charge is 0.471 e. The van der Waals surface area contributed by atoms with Crippen LogP contribution in [0.25, 0.3) is 0 Å². The van der Waals surface area contributed by atoms with Crippen LogP contribution in [0.1, 0.15) is 11.1 Å². The van der Waals surface area contributed by atoms with Gasteiger partial charge in [0.15, 0.2) is 5.66 Å². The smallest absolute Gasteiger partial charge is 0.366 e. The summed E-state index contributed by atoms with van der Waals surface area (Å²) in [6.45, 7) is 0. The first kappa shape index (κ1) is 20.9. The maximum atomic E-state index is 12.8. The molecule has 9 heteroatoms. The van der Waals surface area contributed by atoms with Crippen LogP contribution in [0.15, 0.2) is 60.7 Å². The summed E-state index contributed by atoms with van der Waals surface area (Å²) in [7, 11) is 0. The number of amides is 3. The van der Waals surface area contributed by atoms with Crippen molar-refractivity contribution in [2.75, 3.05) is 0 Å². The number of hydrogen-bond donors (Lipinski definition) is 3. The summed E-state index contributed by atoms with van der Waals surface area (Å²) in [5, 5.41) is 3.75. The number of benzene rings is 2. The van der Waals surface area contributed by atoms with Crippen LogP contribution in [0.3, 0.4) is 0 Å². The molecule has 0 aromatic heterocycles. The predicted octanol–water partition coefficient (Wildman–Crippen LogP) is 1.45. The van der Waals surface area contributed by atoms with E-state index in [1.54, 1.807) is 53.8 Å². The lowest BCUT2D eigenvalue weighted by molar-refractivity contribution is -0.177. The summed E-state index contributed by atoms with van der Waals surface area (Å²) >= 11 is 0. The molecule has 0 aliphatic rings. The molecule has 3 amide bonds. The maximum absolute atomic E-state index is 12.8. The van der Waals surface area contributed by atoms with Gasteiger partial charge < -0.3 is 16.4 Å². The highest BCUT2D eigenvalue weighted by molar-refractivity contribution is 5.95. The standard InChI is InChI=1S/C19H18F3N3O3/c20-19(21,22)17(28)25-18(16(23)27,12-14-9-5-2-6-10-14)24-15(26)11-13-7-3-1-4-8-13/h1-10H,11-12H2,(H2,23,27)(H,24,26)(H,25,28). The van der Waals surface area contributed by atoms with Gasteiger partial charge in [-0.2, -0.15) is 13.2 Å². The van der Waals surface area contributed by atoms with Gasteiger partial charge in [-0.15, -0.1) is 0 Å². The number of hydrogen-bond acceptors (Lipinski definition) is 3. The van der Waals surface area contributed by atoms with Crippen molar-refractivity contribution in [2.24, 2.45) is 5.73 Å². The van der Waals surface area contributed by atoms with Gasteiger partial charge in [0, 0.05) is 6.42 Å². The fourth-order valence-electron chi connectivity index (χ4n) is 2.56. The van der Waals surface area contributed by atoms with Gasteiger partial charge >= 0.3 is 12.1 Å². The second-order valence-electron chi connectivity index (χ2n) is 6.09. The van der Waals surface area contributed by atoms with Crippen LogP contribution in [0.4, 0.5) is 13.2 Å². The Morgan fingerprint density at radius 2 is 1.32 bits per heavy atom. The number of nitrogens with one attached hydrogen (secondary N) is 2. The van der Waals surface area contributed by atoms with Crippen LogP contribution >= 0.6 is 0 Å². The van der Waals surface area contributed by atoms with Gasteiger partial charge in [-0.1, -0.05) is 60.7 Å². The van der Waals surface area contributed by atoms with E-state index in [0.717, 1.165) is 0 Å². The Balaban J connectivity index is 2.33. The zero-order chi connectivity index (χ0) is 20.8. The van der Waals surface area contributed by atoms with E-state index < -0.39 is 36.0 Å². The van der Waals surface area contributed by atoms with E-state index in [0.29, 0.717) is 11.1 Å². The normalized spacial score (nSPS) is 13.2. The molecule has 0 radical (unpaired) electrons. The minimum Gasteiger partial charge on any atom is -0.366 e. The Morgan fingerprint density at radius 1 is 0.821 bits per heavy atom. The molecule has 0 saturated carbocycles. The first-order valence-corrected chi connectivity index (χ1v) is 8.20. The third-order valence-electron chi connectivity index (χ3n) is 3.88. The number of halogens is 3. The molecular weight excluding hydrogens is 375 g/mol. The SMILES string of the molecule is NC(=O)C(Cc1ccccc1)(NC(=O)Cc1ccccc1)NC(=O)C(F)(F)F. The zero-order valence-corrected chi connectivity index (χ0v) is 14.6. The average Bonchev–Trinajstić information content (AvgIpc) is 2.62. The van der Waals surface area contributed by atoms with Crippen molar-refractivity contribution in [3.05, 3.63) is 71.8 Å². The Kier molecular flexibility index (Phi) is 6.40. The first-order valence-electron chi connectivity index (χ1n) is 8.20. The van der Waals surface area contributed by atoms with E-state index in [4.69, 9.17) is 5.73 Å². The van der Waals surface area contributed by atoms with Crippen LogP contribution in [0.5, 0.6) is 0 Å². The summed E-state index contributed by atoms with van der Waals surface area (Å²) in [6, 6.07) is 16.3. The monoisotopic (exact) mass is 393 g/mol. The third-order valence-corrected chi connectivity index (χ3v) is 3.88. The van der Waals surface area contributed by atoms with Crippen LogP contribution in [-0.2, 0) is 27.2 Å². The molecule has 2 rings (SSSR count). The Bertz CT molecular complexity index is 842. The highest BCUT2D eigenvalue weighted by Crippen LogP contribution is 2.19. The molecule has 0 fully saturated rings. The Morgan fingerprint density at radius 3 is 1.79 bits per heavy atom. The molecule has 0 aliphatic heterocycles. The van der Waals surface area contributed by atoms with Gasteiger partial charge in [0.1, 0.15) is 0 Å². The summed E-state index contributed by atoms with van der Waals surface area (Å²) < 4.78 is 38.4. The third kappa shape index (κ3) is 5.57. The van der Waals surface area contributed by atoms with Crippen molar-refractivity contribution in [1.82, 2.24) is 10.6 Å².